The van der Waals surface area contributed by atoms with Gasteiger partial charge < -0.3 is 0 Å². The Morgan fingerprint density at radius 2 is 1.94 bits per heavy atom. The van der Waals surface area contributed by atoms with E-state index in [1.54, 1.807) is 0 Å². The van der Waals surface area contributed by atoms with Crippen LogP contribution in [0.15, 0.2) is 0 Å². The highest BCUT2D eigenvalue weighted by Gasteiger charge is 2.50. The first-order valence-electron chi connectivity index (χ1n) is 7.96. The van der Waals surface area contributed by atoms with E-state index in [4.69, 9.17) is 0 Å². The summed E-state index contributed by atoms with van der Waals surface area (Å²) in [5, 5.41) is 0. The van der Waals surface area contributed by atoms with Gasteiger partial charge in [0.05, 0.1) is 0 Å². The van der Waals surface area contributed by atoms with Gasteiger partial charge in [-0.25, -0.2) is 0 Å². The van der Waals surface area contributed by atoms with Crippen LogP contribution in [0.2, 0.25) is 0 Å². The molecule has 0 aromatic rings. The fourth-order valence-corrected chi connectivity index (χ4v) is 5.01. The highest BCUT2D eigenvalue weighted by molar-refractivity contribution is 5.00. The SMILES string of the molecule is CCCC(C)CC1CC2(C)CC1C(C)CC2C. The quantitative estimate of drug-likeness (QED) is 0.603. The van der Waals surface area contributed by atoms with Gasteiger partial charge in [0.2, 0.25) is 0 Å². The van der Waals surface area contributed by atoms with E-state index in [0.29, 0.717) is 5.41 Å². The molecule has 0 saturated heterocycles. The first kappa shape index (κ1) is 13.4. The number of fused-ring (bicyclic) bond motifs is 2. The zero-order chi connectivity index (χ0) is 12.6. The van der Waals surface area contributed by atoms with Gasteiger partial charge in [-0.05, 0) is 60.7 Å². The first-order chi connectivity index (χ1) is 7.96. The Morgan fingerprint density at radius 3 is 2.59 bits per heavy atom. The lowest BCUT2D eigenvalue weighted by Gasteiger charge is -2.39. The summed E-state index contributed by atoms with van der Waals surface area (Å²) < 4.78 is 0. The third kappa shape index (κ3) is 2.56. The summed E-state index contributed by atoms with van der Waals surface area (Å²) >= 11 is 0. The molecule has 2 rings (SSSR count). The topological polar surface area (TPSA) is 0 Å². The summed E-state index contributed by atoms with van der Waals surface area (Å²) in [5.74, 6) is 4.99. The van der Waals surface area contributed by atoms with Crippen molar-refractivity contribution >= 4 is 0 Å². The smallest absolute Gasteiger partial charge is 0.0294 e. The Morgan fingerprint density at radius 1 is 1.24 bits per heavy atom. The number of rotatable bonds is 4. The molecule has 0 heteroatoms. The molecule has 0 spiro atoms. The van der Waals surface area contributed by atoms with Gasteiger partial charge in [0, 0.05) is 0 Å². The minimum Gasteiger partial charge on any atom is -0.0654 e. The molecule has 17 heavy (non-hydrogen) atoms. The Labute approximate surface area is 109 Å². The molecular weight excluding hydrogens is 204 g/mol. The van der Waals surface area contributed by atoms with E-state index in [1.165, 1.54) is 38.5 Å². The average molecular weight is 236 g/mol. The number of hydrogen-bond donors (Lipinski definition) is 0. The van der Waals surface area contributed by atoms with Crippen LogP contribution in [-0.2, 0) is 0 Å². The van der Waals surface area contributed by atoms with Crippen molar-refractivity contribution in [3.63, 3.8) is 0 Å². The van der Waals surface area contributed by atoms with Crippen molar-refractivity contribution in [2.75, 3.05) is 0 Å². The molecule has 6 unspecified atom stereocenters. The molecule has 0 aromatic carbocycles. The Balaban J connectivity index is 2.01. The zero-order valence-corrected chi connectivity index (χ0v) is 12.6. The summed E-state index contributed by atoms with van der Waals surface area (Å²) in [6, 6.07) is 0. The predicted octanol–water partition coefficient (Wildman–Crippen LogP) is 5.52. The van der Waals surface area contributed by atoms with Crippen LogP contribution in [-0.4, -0.2) is 0 Å². The van der Waals surface area contributed by atoms with Crippen LogP contribution in [0.5, 0.6) is 0 Å². The van der Waals surface area contributed by atoms with Crippen molar-refractivity contribution in [2.45, 2.75) is 73.1 Å². The standard InChI is InChI=1S/C17H32/c1-6-7-12(2)8-15-10-17(5)11-16(15)13(3)9-14(17)4/h12-16H,6-11H2,1-5H3. The number of hydrogen-bond acceptors (Lipinski definition) is 0. The molecule has 6 atom stereocenters. The minimum absolute atomic E-state index is 0.688. The van der Waals surface area contributed by atoms with Crippen molar-refractivity contribution in [1.29, 1.82) is 0 Å². The van der Waals surface area contributed by atoms with Gasteiger partial charge in [-0.15, -0.1) is 0 Å². The lowest BCUT2D eigenvalue weighted by Crippen LogP contribution is -2.30. The Kier molecular flexibility index (Phi) is 3.90. The molecule has 0 heterocycles. The summed E-state index contributed by atoms with van der Waals surface area (Å²) in [4.78, 5) is 0. The van der Waals surface area contributed by atoms with Gasteiger partial charge in [-0.3, -0.25) is 0 Å². The molecule has 0 aromatic heterocycles. The van der Waals surface area contributed by atoms with Gasteiger partial charge in [0.1, 0.15) is 0 Å². The van der Waals surface area contributed by atoms with Crippen LogP contribution in [0.4, 0.5) is 0 Å². The van der Waals surface area contributed by atoms with Gasteiger partial charge in [-0.1, -0.05) is 47.5 Å². The highest BCUT2D eigenvalue weighted by atomic mass is 14.6. The normalized spacial score (nSPS) is 47.1. The van der Waals surface area contributed by atoms with Crippen LogP contribution in [0.25, 0.3) is 0 Å². The van der Waals surface area contributed by atoms with Crippen LogP contribution in [0.3, 0.4) is 0 Å². The molecule has 0 aliphatic heterocycles. The monoisotopic (exact) mass is 236 g/mol. The molecule has 0 amide bonds. The van der Waals surface area contributed by atoms with Crippen LogP contribution >= 0.6 is 0 Å². The van der Waals surface area contributed by atoms with Crippen LogP contribution < -0.4 is 0 Å². The van der Waals surface area contributed by atoms with E-state index in [0.717, 1.165) is 29.6 Å². The Hall–Kier alpha value is 0. The second-order valence-corrected chi connectivity index (χ2v) is 7.73. The maximum absolute atomic E-state index is 2.57. The first-order valence-corrected chi connectivity index (χ1v) is 7.96. The fourth-order valence-electron chi connectivity index (χ4n) is 5.01. The molecule has 0 nitrogen and oxygen atoms in total. The second-order valence-electron chi connectivity index (χ2n) is 7.73. The third-order valence-electron chi connectivity index (χ3n) is 6.17. The molecule has 2 aliphatic rings. The largest absolute Gasteiger partial charge is 0.0654 e. The van der Waals surface area contributed by atoms with Crippen molar-refractivity contribution in [3.8, 4) is 0 Å². The van der Waals surface area contributed by atoms with E-state index in [1.807, 2.05) is 0 Å². The molecule has 0 N–H and O–H groups in total. The maximum Gasteiger partial charge on any atom is -0.0294 e. The molecule has 2 fully saturated rings. The van der Waals surface area contributed by atoms with E-state index >= 15 is 0 Å². The summed E-state index contributed by atoms with van der Waals surface area (Å²) in [6.07, 6.45) is 8.84. The summed E-state index contributed by atoms with van der Waals surface area (Å²) in [7, 11) is 0. The summed E-state index contributed by atoms with van der Waals surface area (Å²) in [6.45, 7) is 12.4. The van der Waals surface area contributed by atoms with E-state index in [-0.39, 0.29) is 0 Å². The summed E-state index contributed by atoms with van der Waals surface area (Å²) in [5.41, 5.74) is 0.688. The maximum atomic E-state index is 2.57. The molecule has 2 aliphatic carbocycles. The van der Waals surface area contributed by atoms with E-state index in [2.05, 4.69) is 34.6 Å². The van der Waals surface area contributed by atoms with Crippen LogP contribution in [0, 0.1) is 35.0 Å². The van der Waals surface area contributed by atoms with E-state index < -0.39 is 0 Å². The lowest BCUT2D eigenvalue weighted by atomic mass is 9.66. The van der Waals surface area contributed by atoms with Crippen molar-refractivity contribution in [2.24, 2.45) is 35.0 Å². The zero-order valence-electron chi connectivity index (χ0n) is 12.6. The second kappa shape index (κ2) is 4.94. The Bertz CT molecular complexity index is 257. The third-order valence-corrected chi connectivity index (χ3v) is 6.17. The average Bonchev–Trinajstić information content (AvgIpc) is 2.53. The van der Waals surface area contributed by atoms with E-state index in [9.17, 15) is 0 Å². The van der Waals surface area contributed by atoms with Gasteiger partial charge >= 0.3 is 0 Å². The van der Waals surface area contributed by atoms with Crippen molar-refractivity contribution in [1.82, 2.24) is 0 Å². The predicted molar refractivity (Wildman–Crippen MR) is 76.0 cm³/mol. The van der Waals surface area contributed by atoms with Gasteiger partial charge in [0.15, 0.2) is 0 Å². The highest BCUT2D eigenvalue weighted by Crippen LogP contribution is 2.60. The minimum atomic E-state index is 0.688. The molecular formula is C17H32. The molecule has 100 valence electrons. The van der Waals surface area contributed by atoms with Crippen molar-refractivity contribution in [3.05, 3.63) is 0 Å². The van der Waals surface area contributed by atoms with Gasteiger partial charge in [0.25, 0.3) is 0 Å². The molecule has 2 bridgehead atoms. The lowest BCUT2D eigenvalue weighted by molar-refractivity contribution is 0.107. The van der Waals surface area contributed by atoms with Crippen LogP contribution in [0.1, 0.15) is 73.1 Å². The van der Waals surface area contributed by atoms with Gasteiger partial charge in [-0.2, -0.15) is 0 Å². The van der Waals surface area contributed by atoms with Crippen molar-refractivity contribution < 1.29 is 0 Å². The fraction of sp³-hybridized carbons (Fsp3) is 1.00. The molecule has 0 radical (unpaired) electrons. The molecule has 2 saturated carbocycles.